The second-order valence-electron chi connectivity index (χ2n) is 9.23. The summed E-state index contributed by atoms with van der Waals surface area (Å²) in [7, 11) is 0. The molecule has 2 N–H and O–H groups in total. The van der Waals surface area contributed by atoms with Crippen LogP contribution in [-0.2, 0) is 0 Å². The van der Waals surface area contributed by atoms with Gasteiger partial charge in [-0.1, -0.05) is 52.7 Å². The summed E-state index contributed by atoms with van der Waals surface area (Å²) in [5.41, 5.74) is 3.99. The molecule has 172 valence electrons. The third-order valence-corrected chi connectivity index (χ3v) is 6.97. The van der Waals surface area contributed by atoms with E-state index in [0.717, 1.165) is 49.7 Å². The van der Waals surface area contributed by atoms with Gasteiger partial charge in [-0.2, -0.15) is 0 Å². The standard InChI is InChI=1S/C28H38N2O2/c1-5-19(3)21-11-13-27(31)23(15-21)17-29-25-9-7-8-10-26(25)30-18-24-16-22(20(4)6-2)12-14-28(24)32/h11-20,25-26,31-32H,5-10H2,1-4H3. The highest BCUT2D eigenvalue weighted by molar-refractivity contribution is 5.85. The van der Waals surface area contributed by atoms with Crippen molar-refractivity contribution in [2.24, 2.45) is 9.98 Å². The molecule has 1 saturated carbocycles. The SMILES string of the molecule is CCC(C)c1ccc(O)c(C=NC2CCCCC2N=Cc2cc(C(C)CC)ccc2O)c1. The molecule has 0 spiro atoms. The molecule has 4 heteroatoms. The average molecular weight is 435 g/mol. The second-order valence-corrected chi connectivity index (χ2v) is 9.23. The first-order valence-electron chi connectivity index (χ1n) is 12.1. The summed E-state index contributed by atoms with van der Waals surface area (Å²) in [4.78, 5) is 9.71. The fourth-order valence-corrected chi connectivity index (χ4v) is 4.23. The minimum absolute atomic E-state index is 0.0894. The Kier molecular flexibility index (Phi) is 8.49. The molecule has 32 heavy (non-hydrogen) atoms. The zero-order chi connectivity index (χ0) is 23.1. The number of aromatic hydroxyl groups is 2. The quantitative estimate of drug-likeness (QED) is 0.440. The molecule has 2 aromatic carbocycles. The topological polar surface area (TPSA) is 65.2 Å². The first kappa shape index (κ1) is 24.0. The Morgan fingerprint density at radius 3 is 1.56 bits per heavy atom. The molecular formula is C28H38N2O2. The largest absolute Gasteiger partial charge is 0.507 e. The van der Waals surface area contributed by atoms with Gasteiger partial charge in [-0.25, -0.2) is 0 Å². The molecule has 2 aromatic rings. The molecular weight excluding hydrogens is 396 g/mol. The van der Waals surface area contributed by atoms with Crippen molar-refractivity contribution >= 4 is 12.4 Å². The number of benzene rings is 2. The number of aliphatic imine (C=N–C) groups is 2. The summed E-state index contributed by atoms with van der Waals surface area (Å²) >= 11 is 0. The Morgan fingerprint density at radius 1 is 0.781 bits per heavy atom. The third kappa shape index (κ3) is 5.99. The average Bonchev–Trinajstić information content (AvgIpc) is 2.82. The van der Waals surface area contributed by atoms with Crippen LogP contribution in [0.2, 0.25) is 0 Å². The zero-order valence-corrected chi connectivity index (χ0v) is 20.0. The van der Waals surface area contributed by atoms with Gasteiger partial charge in [0.2, 0.25) is 0 Å². The van der Waals surface area contributed by atoms with Gasteiger partial charge in [-0.3, -0.25) is 9.98 Å². The molecule has 0 bridgehead atoms. The Balaban J connectivity index is 1.79. The number of rotatable bonds is 8. The molecule has 0 amide bonds. The van der Waals surface area contributed by atoms with Crippen LogP contribution in [0.25, 0.3) is 0 Å². The van der Waals surface area contributed by atoms with Crippen molar-refractivity contribution in [2.45, 2.75) is 90.1 Å². The van der Waals surface area contributed by atoms with Crippen LogP contribution >= 0.6 is 0 Å². The summed E-state index contributed by atoms with van der Waals surface area (Å²) in [6, 6.07) is 11.8. The summed E-state index contributed by atoms with van der Waals surface area (Å²) in [6.07, 6.45) is 10.0. The third-order valence-electron chi connectivity index (χ3n) is 6.97. The lowest BCUT2D eigenvalue weighted by molar-refractivity contribution is 0.390. The van der Waals surface area contributed by atoms with Crippen LogP contribution in [0, 0.1) is 0 Å². The van der Waals surface area contributed by atoms with Gasteiger partial charge in [0.25, 0.3) is 0 Å². The predicted octanol–water partition coefficient (Wildman–Crippen LogP) is 6.97. The first-order chi connectivity index (χ1) is 15.4. The first-order valence-corrected chi connectivity index (χ1v) is 12.1. The van der Waals surface area contributed by atoms with E-state index in [4.69, 9.17) is 9.98 Å². The molecule has 0 aromatic heterocycles. The van der Waals surface area contributed by atoms with Crippen LogP contribution in [0.15, 0.2) is 46.4 Å². The molecule has 4 atom stereocenters. The van der Waals surface area contributed by atoms with Gasteiger partial charge in [-0.05, 0) is 72.9 Å². The smallest absolute Gasteiger partial charge is 0.124 e. The maximum Gasteiger partial charge on any atom is 0.124 e. The van der Waals surface area contributed by atoms with Crippen LogP contribution < -0.4 is 0 Å². The van der Waals surface area contributed by atoms with E-state index in [1.54, 1.807) is 12.1 Å². The Hall–Kier alpha value is -2.62. The Labute approximate surface area is 193 Å². The van der Waals surface area contributed by atoms with E-state index >= 15 is 0 Å². The van der Waals surface area contributed by atoms with E-state index in [1.807, 2.05) is 36.7 Å². The summed E-state index contributed by atoms with van der Waals surface area (Å²) in [5, 5.41) is 20.6. The van der Waals surface area contributed by atoms with Crippen molar-refractivity contribution in [1.82, 2.24) is 0 Å². The van der Waals surface area contributed by atoms with Gasteiger partial charge in [0, 0.05) is 23.6 Å². The number of phenols is 2. The fraction of sp³-hybridized carbons (Fsp3) is 0.500. The number of hydrogen-bond donors (Lipinski definition) is 2. The zero-order valence-electron chi connectivity index (χ0n) is 20.0. The Bertz CT molecular complexity index is 873. The molecule has 1 fully saturated rings. The van der Waals surface area contributed by atoms with Crippen molar-refractivity contribution in [3.05, 3.63) is 58.7 Å². The molecule has 1 aliphatic rings. The fourth-order valence-electron chi connectivity index (χ4n) is 4.23. The van der Waals surface area contributed by atoms with Crippen LogP contribution in [-0.4, -0.2) is 34.7 Å². The highest BCUT2D eigenvalue weighted by Crippen LogP contribution is 2.28. The number of nitrogens with zero attached hydrogens (tertiary/aromatic N) is 2. The van der Waals surface area contributed by atoms with E-state index in [0.29, 0.717) is 11.8 Å². The van der Waals surface area contributed by atoms with Crippen molar-refractivity contribution in [3.8, 4) is 11.5 Å². The normalized spacial score (nSPS) is 21.2. The van der Waals surface area contributed by atoms with Crippen LogP contribution in [0.1, 0.15) is 100 Å². The van der Waals surface area contributed by atoms with E-state index in [1.165, 1.54) is 11.1 Å². The maximum atomic E-state index is 10.3. The van der Waals surface area contributed by atoms with E-state index in [-0.39, 0.29) is 23.6 Å². The van der Waals surface area contributed by atoms with E-state index in [9.17, 15) is 10.2 Å². The minimum Gasteiger partial charge on any atom is -0.507 e. The van der Waals surface area contributed by atoms with Crippen LogP contribution in [0.3, 0.4) is 0 Å². The molecule has 1 aliphatic carbocycles. The van der Waals surface area contributed by atoms with E-state index < -0.39 is 0 Å². The van der Waals surface area contributed by atoms with Gasteiger partial charge >= 0.3 is 0 Å². The molecule has 4 unspecified atom stereocenters. The number of phenolic OH excluding ortho intramolecular Hbond substituents is 2. The van der Waals surface area contributed by atoms with Crippen molar-refractivity contribution in [1.29, 1.82) is 0 Å². The molecule has 0 saturated heterocycles. The minimum atomic E-state index is 0.0894. The molecule has 0 heterocycles. The van der Waals surface area contributed by atoms with Gasteiger partial charge in [0.05, 0.1) is 12.1 Å². The highest BCUT2D eigenvalue weighted by Gasteiger charge is 2.23. The lowest BCUT2D eigenvalue weighted by atomic mass is 9.91. The summed E-state index contributed by atoms with van der Waals surface area (Å²) < 4.78 is 0. The summed E-state index contributed by atoms with van der Waals surface area (Å²) in [5.74, 6) is 1.44. The monoisotopic (exact) mass is 434 g/mol. The lowest BCUT2D eigenvalue weighted by Gasteiger charge is -2.25. The molecule has 3 rings (SSSR count). The molecule has 0 radical (unpaired) electrons. The molecule has 4 nitrogen and oxygen atoms in total. The number of hydrogen-bond acceptors (Lipinski definition) is 4. The van der Waals surface area contributed by atoms with Crippen molar-refractivity contribution < 1.29 is 10.2 Å². The van der Waals surface area contributed by atoms with Gasteiger partial charge in [0.15, 0.2) is 0 Å². The van der Waals surface area contributed by atoms with Gasteiger partial charge < -0.3 is 10.2 Å². The predicted molar refractivity (Wildman–Crippen MR) is 135 cm³/mol. The molecule has 0 aliphatic heterocycles. The lowest BCUT2D eigenvalue weighted by Crippen LogP contribution is -2.27. The van der Waals surface area contributed by atoms with Crippen LogP contribution in [0.5, 0.6) is 11.5 Å². The maximum absolute atomic E-state index is 10.3. The van der Waals surface area contributed by atoms with Crippen LogP contribution in [0.4, 0.5) is 0 Å². The van der Waals surface area contributed by atoms with Crippen molar-refractivity contribution in [2.75, 3.05) is 0 Å². The summed E-state index contributed by atoms with van der Waals surface area (Å²) in [6.45, 7) is 8.74. The highest BCUT2D eigenvalue weighted by atomic mass is 16.3. The van der Waals surface area contributed by atoms with Gasteiger partial charge in [0.1, 0.15) is 11.5 Å². The van der Waals surface area contributed by atoms with Crippen molar-refractivity contribution in [3.63, 3.8) is 0 Å². The second kappa shape index (κ2) is 11.3. The van der Waals surface area contributed by atoms with Gasteiger partial charge in [-0.15, -0.1) is 0 Å². The Morgan fingerprint density at radius 2 is 1.19 bits per heavy atom. The van der Waals surface area contributed by atoms with E-state index in [2.05, 4.69) is 27.7 Å².